The molecule has 0 radical (unpaired) electrons. The van der Waals surface area contributed by atoms with Gasteiger partial charge in [-0.15, -0.1) is 0 Å². The second kappa shape index (κ2) is 8.80. The molecule has 4 rings (SSSR count). The third-order valence-corrected chi connectivity index (χ3v) is 6.20. The van der Waals surface area contributed by atoms with E-state index in [9.17, 15) is 9.59 Å². The van der Waals surface area contributed by atoms with Crippen molar-refractivity contribution in [2.75, 3.05) is 26.2 Å². The number of rotatable bonds is 5. The van der Waals surface area contributed by atoms with Gasteiger partial charge in [0.25, 0.3) is 11.8 Å². The second-order valence-corrected chi connectivity index (χ2v) is 8.19. The van der Waals surface area contributed by atoms with Crippen LogP contribution in [-0.4, -0.2) is 57.6 Å². The van der Waals surface area contributed by atoms with Crippen LogP contribution in [0.3, 0.4) is 0 Å². The number of aryl methyl sites for hydroxylation is 1. The lowest BCUT2D eigenvalue weighted by molar-refractivity contribution is 0.0683. The van der Waals surface area contributed by atoms with Crippen molar-refractivity contribution in [2.45, 2.75) is 45.6 Å². The molecule has 1 aromatic carbocycles. The molecule has 2 amide bonds. The summed E-state index contributed by atoms with van der Waals surface area (Å²) in [6.45, 7) is 6.13. The number of benzene rings is 1. The largest absolute Gasteiger partial charge is 0.339 e. The molecule has 0 bridgehead atoms. The number of hydrogen-bond donors (Lipinski definition) is 0. The van der Waals surface area contributed by atoms with Crippen molar-refractivity contribution in [3.05, 3.63) is 53.3 Å². The van der Waals surface area contributed by atoms with E-state index in [0.717, 1.165) is 70.4 Å². The lowest BCUT2D eigenvalue weighted by Gasteiger charge is -2.31. The lowest BCUT2D eigenvalue weighted by atomic mass is 9.89. The smallest absolute Gasteiger partial charge is 0.274 e. The number of carbonyl (C=O) groups is 2. The van der Waals surface area contributed by atoms with Gasteiger partial charge in [-0.3, -0.25) is 14.3 Å². The summed E-state index contributed by atoms with van der Waals surface area (Å²) in [5.74, 6) is 0.777. The monoisotopic (exact) mass is 394 g/mol. The quantitative estimate of drug-likeness (QED) is 0.782. The molecule has 29 heavy (non-hydrogen) atoms. The first kappa shape index (κ1) is 19.7. The molecule has 3 heterocycles. The molecule has 2 saturated heterocycles. The van der Waals surface area contributed by atoms with Gasteiger partial charge < -0.3 is 9.80 Å². The van der Waals surface area contributed by atoms with Gasteiger partial charge in [0.1, 0.15) is 5.69 Å². The minimum Gasteiger partial charge on any atom is -0.339 e. The molecule has 2 aromatic rings. The first-order valence-corrected chi connectivity index (χ1v) is 10.8. The summed E-state index contributed by atoms with van der Waals surface area (Å²) in [5.41, 5.74) is 2.61. The minimum absolute atomic E-state index is 0.0421. The Balaban J connectivity index is 1.28. The van der Waals surface area contributed by atoms with Crippen molar-refractivity contribution in [1.82, 2.24) is 19.6 Å². The van der Waals surface area contributed by atoms with Gasteiger partial charge in [-0.25, -0.2) is 0 Å². The Morgan fingerprint density at radius 1 is 0.931 bits per heavy atom. The molecule has 0 saturated carbocycles. The fourth-order valence-electron chi connectivity index (χ4n) is 4.37. The fraction of sp³-hybridized carbons (Fsp3) is 0.522. The summed E-state index contributed by atoms with van der Waals surface area (Å²) in [4.78, 5) is 29.0. The predicted molar refractivity (Wildman–Crippen MR) is 112 cm³/mol. The van der Waals surface area contributed by atoms with Gasteiger partial charge in [0.05, 0.1) is 0 Å². The van der Waals surface area contributed by atoms with Crippen LogP contribution in [0.15, 0.2) is 36.5 Å². The number of likely N-dealkylation sites (tertiary alicyclic amines) is 2. The average Bonchev–Trinajstić information content (AvgIpc) is 3.46. The van der Waals surface area contributed by atoms with E-state index in [4.69, 9.17) is 0 Å². The third-order valence-electron chi connectivity index (χ3n) is 6.20. The van der Waals surface area contributed by atoms with Crippen LogP contribution in [0.5, 0.6) is 0 Å². The zero-order valence-corrected chi connectivity index (χ0v) is 17.2. The van der Waals surface area contributed by atoms with E-state index >= 15 is 0 Å². The maximum atomic E-state index is 12.6. The van der Waals surface area contributed by atoms with Crippen LogP contribution in [0.1, 0.15) is 59.0 Å². The van der Waals surface area contributed by atoms with E-state index < -0.39 is 0 Å². The van der Waals surface area contributed by atoms with Crippen molar-refractivity contribution >= 4 is 11.8 Å². The van der Waals surface area contributed by atoms with Gasteiger partial charge in [-0.2, -0.15) is 5.10 Å². The zero-order chi connectivity index (χ0) is 20.2. The number of nitrogens with zero attached hydrogens (tertiary/aromatic N) is 4. The first-order chi connectivity index (χ1) is 14.1. The van der Waals surface area contributed by atoms with Gasteiger partial charge in [-0.1, -0.05) is 12.1 Å². The summed E-state index contributed by atoms with van der Waals surface area (Å²) >= 11 is 0. The van der Waals surface area contributed by atoms with E-state index in [-0.39, 0.29) is 11.8 Å². The average molecular weight is 395 g/mol. The number of amides is 2. The maximum Gasteiger partial charge on any atom is 0.274 e. The summed E-state index contributed by atoms with van der Waals surface area (Å²) in [7, 11) is 0. The molecule has 2 aliphatic rings. The van der Waals surface area contributed by atoms with E-state index in [2.05, 4.69) is 17.2 Å². The first-order valence-electron chi connectivity index (χ1n) is 10.8. The Labute approximate surface area is 172 Å². The molecule has 0 N–H and O–H groups in total. The Morgan fingerprint density at radius 3 is 2.21 bits per heavy atom. The van der Waals surface area contributed by atoms with Crippen LogP contribution in [0.25, 0.3) is 0 Å². The lowest BCUT2D eigenvalue weighted by Crippen LogP contribution is -2.39. The van der Waals surface area contributed by atoms with E-state index in [0.29, 0.717) is 11.6 Å². The van der Waals surface area contributed by atoms with Gasteiger partial charge in [0.15, 0.2) is 0 Å². The molecule has 0 unspecified atom stereocenters. The summed E-state index contributed by atoms with van der Waals surface area (Å²) in [6.07, 6.45) is 7.11. The SMILES string of the molecule is CCn1ccc(C(=O)N2CCC(Cc3ccc(C(=O)N4CCCC4)cc3)CC2)n1. The van der Waals surface area contributed by atoms with E-state index in [1.54, 1.807) is 4.68 Å². The van der Waals surface area contributed by atoms with Crippen molar-refractivity contribution in [2.24, 2.45) is 5.92 Å². The van der Waals surface area contributed by atoms with Crippen LogP contribution in [0.4, 0.5) is 0 Å². The molecule has 154 valence electrons. The van der Waals surface area contributed by atoms with Crippen LogP contribution >= 0.6 is 0 Å². The molecule has 2 fully saturated rings. The van der Waals surface area contributed by atoms with Gasteiger partial charge >= 0.3 is 0 Å². The Morgan fingerprint density at radius 2 is 1.59 bits per heavy atom. The van der Waals surface area contributed by atoms with E-state index in [1.165, 1.54) is 5.56 Å². The Bertz CT molecular complexity index is 844. The summed E-state index contributed by atoms with van der Waals surface area (Å²) in [5, 5.41) is 4.34. The molecule has 2 aliphatic heterocycles. The third kappa shape index (κ3) is 4.52. The zero-order valence-electron chi connectivity index (χ0n) is 17.2. The van der Waals surface area contributed by atoms with Crippen LogP contribution in [0, 0.1) is 5.92 Å². The minimum atomic E-state index is 0.0421. The van der Waals surface area contributed by atoms with Crippen LogP contribution < -0.4 is 0 Å². The summed E-state index contributed by atoms with van der Waals surface area (Å²) in [6, 6.07) is 9.94. The van der Waals surface area contributed by atoms with Gasteiger partial charge in [0, 0.05) is 44.5 Å². The van der Waals surface area contributed by atoms with Crippen molar-refractivity contribution < 1.29 is 9.59 Å². The standard InChI is InChI=1S/C23H30N4O2/c1-2-27-16-11-21(24-27)23(29)26-14-9-19(10-15-26)17-18-5-7-20(8-6-18)22(28)25-12-3-4-13-25/h5-8,11,16,19H,2-4,9-10,12-15,17H2,1H3. The number of carbonyl (C=O) groups excluding carboxylic acids is 2. The topological polar surface area (TPSA) is 58.4 Å². The van der Waals surface area contributed by atoms with Crippen LogP contribution in [-0.2, 0) is 13.0 Å². The van der Waals surface area contributed by atoms with Crippen LogP contribution in [0.2, 0.25) is 0 Å². The maximum absolute atomic E-state index is 12.6. The highest BCUT2D eigenvalue weighted by Crippen LogP contribution is 2.23. The number of aromatic nitrogens is 2. The van der Waals surface area contributed by atoms with Gasteiger partial charge in [-0.05, 0) is 68.7 Å². The summed E-state index contributed by atoms with van der Waals surface area (Å²) < 4.78 is 1.79. The molecule has 0 spiro atoms. The molecule has 6 heteroatoms. The fourth-order valence-corrected chi connectivity index (χ4v) is 4.37. The van der Waals surface area contributed by atoms with Crippen molar-refractivity contribution in [3.8, 4) is 0 Å². The van der Waals surface area contributed by atoms with Crippen molar-refractivity contribution in [1.29, 1.82) is 0 Å². The van der Waals surface area contributed by atoms with Gasteiger partial charge in [0.2, 0.25) is 0 Å². The Kier molecular flexibility index (Phi) is 5.97. The molecule has 0 aliphatic carbocycles. The predicted octanol–water partition coefficient (Wildman–Crippen LogP) is 3.23. The second-order valence-electron chi connectivity index (χ2n) is 8.19. The van der Waals surface area contributed by atoms with Crippen molar-refractivity contribution in [3.63, 3.8) is 0 Å². The Hall–Kier alpha value is -2.63. The molecule has 6 nitrogen and oxygen atoms in total. The highest BCUT2D eigenvalue weighted by Gasteiger charge is 2.25. The molecule has 0 atom stereocenters. The molecular weight excluding hydrogens is 364 g/mol. The normalized spacial score (nSPS) is 17.7. The van der Waals surface area contributed by atoms with E-state index in [1.807, 2.05) is 41.1 Å². The molecular formula is C23H30N4O2. The highest BCUT2D eigenvalue weighted by atomic mass is 16.2. The number of hydrogen-bond acceptors (Lipinski definition) is 3. The highest BCUT2D eigenvalue weighted by molar-refractivity contribution is 5.94. The molecule has 1 aromatic heterocycles. The number of piperidine rings is 1.